The number of nitrogens with one attached hydrogen (secondary N) is 2. The van der Waals surface area contributed by atoms with E-state index in [0.29, 0.717) is 0 Å². The Hall–Kier alpha value is -1.74. The first-order valence-corrected chi connectivity index (χ1v) is 7.08. The van der Waals surface area contributed by atoms with Crippen molar-refractivity contribution < 1.29 is 0 Å². The maximum atomic E-state index is 3.59. The molecule has 3 aromatic rings. The molecule has 0 saturated carbocycles. The first-order valence-electron chi connectivity index (χ1n) is 6.29. The number of rotatable bonds is 3. The van der Waals surface area contributed by atoms with Gasteiger partial charge in [-0.3, -0.25) is 0 Å². The molecule has 0 saturated heterocycles. The van der Waals surface area contributed by atoms with Gasteiger partial charge in [0, 0.05) is 33.8 Å². The van der Waals surface area contributed by atoms with Crippen molar-refractivity contribution in [1.29, 1.82) is 0 Å². The minimum Gasteiger partial charge on any atom is -0.380 e. The number of benzene rings is 2. The number of para-hydroxylation sites is 1. The number of anilines is 1. The number of H-pyrrole nitrogens is 1. The van der Waals surface area contributed by atoms with Gasteiger partial charge in [0.1, 0.15) is 0 Å². The fraction of sp³-hybridized carbons (Fsp3) is 0.125. The largest absolute Gasteiger partial charge is 0.380 e. The Morgan fingerprint density at radius 2 is 2.00 bits per heavy atom. The normalized spacial score (nSPS) is 10.8. The van der Waals surface area contributed by atoms with Crippen molar-refractivity contribution in [2.45, 2.75) is 13.5 Å². The molecule has 1 heterocycles. The standard InChI is InChI=1S/C16H15BrN2/c1-11-6-7-16(14(17)8-11)19-10-12-9-18-15-5-3-2-4-13(12)15/h2-9,18-19H,10H2,1H3. The lowest BCUT2D eigenvalue weighted by Gasteiger charge is -2.08. The second-order valence-corrected chi connectivity index (χ2v) is 5.55. The number of aromatic nitrogens is 1. The number of halogens is 1. The number of hydrogen-bond acceptors (Lipinski definition) is 1. The summed E-state index contributed by atoms with van der Waals surface area (Å²) < 4.78 is 1.10. The first kappa shape index (κ1) is 12.3. The van der Waals surface area contributed by atoms with E-state index in [9.17, 15) is 0 Å². The van der Waals surface area contributed by atoms with Gasteiger partial charge in [0.25, 0.3) is 0 Å². The molecule has 0 fully saturated rings. The highest BCUT2D eigenvalue weighted by atomic mass is 79.9. The molecule has 0 bridgehead atoms. The van der Waals surface area contributed by atoms with Gasteiger partial charge in [0.2, 0.25) is 0 Å². The average molecular weight is 315 g/mol. The third-order valence-electron chi connectivity index (χ3n) is 3.27. The highest BCUT2D eigenvalue weighted by Crippen LogP contribution is 2.25. The van der Waals surface area contributed by atoms with Crippen LogP contribution < -0.4 is 5.32 Å². The van der Waals surface area contributed by atoms with Gasteiger partial charge in [0.15, 0.2) is 0 Å². The Labute approximate surface area is 121 Å². The molecule has 96 valence electrons. The second-order valence-electron chi connectivity index (χ2n) is 4.70. The second kappa shape index (κ2) is 5.10. The van der Waals surface area contributed by atoms with Gasteiger partial charge in [-0.25, -0.2) is 0 Å². The van der Waals surface area contributed by atoms with E-state index in [1.54, 1.807) is 0 Å². The molecule has 0 amide bonds. The molecular formula is C16H15BrN2. The SMILES string of the molecule is Cc1ccc(NCc2c[nH]c3ccccc23)c(Br)c1. The van der Waals surface area contributed by atoms with Crippen LogP contribution in [0.5, 0.6) is 0 Å². The van der Waals surface area contributed by atoms with E-state index in [-0.39, 0.29) is 0 Å². The molecule has 0 unspecified atom stereocenters. The van der Waals surface area contributed by atoms with Crippen LogP contribution in [0.2, 0.25) is 0 Å². The summed E-state index contributed by atoms with van der Waals surface area (Å²) in [6.07, 6.45) is 2.07. The summed E-state index contributed by atoms with van der Waals surface area (Å²) in [5.41, 5.74) is 4.84. The summed E-state index contributed by atoms with van der Waals surface area (Å²) in [4.78, 5) is 3.30. The Balaban J connectivity index is 1.82. The molecule has 0 radical (unpaired) electrons. The molecule has 2 nitrogen and oxygen atoms in total. The van der Waals surface area contributed by atoms with Gasteiger partial charge in [0.05, 0.1) is 0 Å². The van der Waals surface area contributed by atoms with Gasteiger partial charge in [-0.1, -0.05) is 24.3 Å². The molecule has 0 spiro atoms. The topological polar surface area (TPSA) is 27.8 Å². The minimum atomic E-state index is 0.811. The van der Waals surface area contributed by atoms with Gasteiger partial charge < -0.3 is 10.3 Å². The first-order chi connectivity index (χ1) is 9.24. The molecule has 0 atom stereocenters. The van der Waals surface area contributed by atoms with Crippen LogP contribution in [0, 0.1) is 6.92 Å². The molecule has 3 rings (SSSR count). The summed E-state index contributed by atoms with van der Waals surface area (Å²) in [7, 11) is 0. The quantitative estimate of drug-likeness (QED) is 0.710. The zero-order valence-corrected chi connectivity index (χ0v) is 12.3. The minimum absolute atomic E-state index is 0.811. The summed E-state index contributed by atoms with van der Waals surface area (Å²) >= 11 is 3.59. The van der Waals surface area contributed by atoms with E-state index >= 15 is 0 Å². The van der Waals surface area contributed by atoms with Crippen molar-refractivity contribution in [1.82, 2.24) is 4.98 Å². The number of fused-ring (bicyclic) bond motifs is 1. The molecule has 2 N–H and O–H groups in total. The summed E-state index contributed by atoms with van der Waals surface area (Å²) in [6.45, 7) is 2.90. The van der Waals surface area contributed by atoms with Crippen LogP contribution in [-0.4, -0.2) is 4.98 Å². The molecule has 0 aliphatic carbocycles. The van der Waals surface area contributed by atoms with Gasteiger partial charge >= 0.3 is 0 Å². The van der Waals surface area contributed by atoms with Gasteiger partial charge in [-0.15, -0.1) is 0 Å². The third kappa shape index (κ3) is 2.51. The fourth-order valence-electron chi connectivity index (χ4n) is 2.23. The van der Waals surface area contributed by atoms with Gasteiger partial charge in [-0.2, -0.15) is 0 Å². The monoisotopic (exact) mass is 314 g/mol. The van der Waals surface area contributed by atoms with Crippen molar-refractivity contribution in [2.24, 2.45) is 0 Å². The van der Waals surface area contributed by atoms with E-state index < -0.39 is 0 Å². The van der Waals surface area contributed by atoms with E-state index in [4.69, 9.17) is 0 Å². The lowest BCUT2D eigenvalue weighted by Crippen LogP contribution is -1.99. The number of aromatic amines is 1. The molecule has 3 heteroatoms. The Morgan fingerprint density at radius 3 is 2.84 bits per heavy atom. The molecule has 2 aromatic carbocycles. The zero-order valence-electron chi connectivity index (χ0n) is 10.7. The van der Waals surface area contributed by atoms with E-state index in [1.807, 2.05) is 6.07 Å². The van der Waals surface area contributed by atoms with Gasteiger partial charge in [-0.05, 0) is 52.2 Å². The lowest BCUT2D eigenvalue weighted by atomic mass is 10.1. The number of aryl methyl sites for hydroxylation is 1. The highest BCUT2D eigenvalue weighted by Gasteiger charge is 2.04. The summed E-state index contributed by atoms with van der Waals surface area (Å²) in [5.74, 6) is 0. The summed E-state index contributed by atoms with van der Waals surface area (Å²) in [6, 6.07) is 14.7. The highest BCUT2D eigenvalue weighted by molar-refractivity contribution is 9.10. The Kier molecular flexibility index (Phi) is 3.30. The van der Waals surface area contributed by atoms with E-state index in [2.05, 4.69) is 75.7 Å². The molecule has 0 aliphatic heterocycles. The Bertz CT molecular complexity index is 716. The Morgan fingerprint density at radius 1 is 1.16 bits per heavy atom. The van der Waals surface area contributed by atoms with Crippen LogP contribution in [0.3, 0.4) is 0 Å². The summed E-state index contributed by atoms with van der Waals surface area (Å²) in [5, 5.41) is 4.74. The van der Waals surface area contributed by atoms with Crippen LogP contribution in [0.4, 0.5) is 5.69 Å². The van der Waals surface area contributed by atoms with Crippen molar-refractivity contribution in [3.05, 3.63) is 64.3 Å². The fourth-order valence-corrected chi connectivity index (χ4v) is 2.87. The van der Waals surface area contributed by atoms with Crippen molar-refractivity contribution in [2.75, 3.05) is 5.32 Å². The maximum Gasteiger partial charge on any atom is 0.0487 e. The maximum absolute atomic E-state index is 3.59. The predicted octanol–water partition coefficient (Wildman–Crippen LogP) is 4.85. The van der Waals surface area contributed by atoms with Crippen LogP contribution in [0.15, 0.2) is 53.1 Å². The van der Waals surface area contributed by atoms with Crippen LogP contribution >= 0.6 is 15.9 Å². The molecule has 1 aromatic heterocycles. The lowest BCUT2D eigenvalue weighted by molar-refractivity contribution is 1.16. The average Bonchev–Trinajstić information content (AvgIpc) is 2.81. The van der Waals surface area contributed by atoms with E-state index in [0.717, 1.165) is 16.7 Å². The van der Waals surface area contributed by atoms with Crippen molar-refractivity contribution >= 4 is 32.5 Å². The predicted molar refractivity (Wildman–Crippen MR) is 84.5 cm³/mol. The van der Waals surface area contributed by atoms with E-state index in [1.165, 1.54) is 22.0 Å². The molecule has 19 heavy (non-hydrogen) atoms. The molecular weight excluding hydrogens is 300 g/mol. The number of hydrogen-bond donors (Lipinski definition) is 2. The smallest absolute Gasteiger partial charge is 0.0487 e. The molecule has 0 aliphatic rings. The van der Waals surface area contributed by atoms with Crippen LogP contribution in [-0.2, 0) is 6.54 Å². The third-order valence-corrected chi connectivity index (χ3v) is 3.92. The van der Waals surface area contributed by atoms with Crippen LogP contribution in [0.25, 0.3) is 10.9 Å². The van der Waals surface area contributed by atoms with Crippen molar-refractivity contribution in [3.8, 4) is 0 Å². The van der Waals surface area contributed by atoms with Crippen molar-refractivity contribution in [3.63, 3.8) is 0 Å². The van der Waals surface area contributed by atoms with Crippen LogP contribution in [0.1, 0.15) is 11.1 Å². The zero-order chi connectivity index (χ0) is 13.2.